The molecule has 134 valence electrons. The predicted octanol–water partition coefficient (Wildman–Crippen LogP) is 3.26. The number of aryl methyl sites for hydroxylation is 2. The lowest BCUT2D eigenvalue weighted by Gasteiger charge is -2.12. The van der Waals surface area contributed by atoms with E-state index in [1.165, 1.54) is 18.9 Å². The molecule has 0 aliphatic carbocycles. The normalized spacial score (nSPS) is 10.4. The Labute approximate surface area is 154 Å². The van der Waals surface area contributed by atoms with Crippen molar-refractivity contribution in [3.63, 3.8) is 0 Å². The van der Waals surface area contributed by atoms with Crippen LogP contribution in [0.2, 0.25) is 5.02 Å². The fourth-order valence-corrected chi connectivity index (χ4v) is 2.73. The van der Waals surface area contributed by atoms with Gasteiger partial charge in [0.05, 0.1) is 24.3 Å². The summed E-state index contributed by atoms with van der Waals surface area (Å²) in [6.45, 7) is 3.57. The summed E-state index contributed by atoms with van der Waals surface area (Å²) in [4.78, 5) is 23.8. The fraction of sp³-hybridized carbons (Fsp3) is 0.312. The molecule has 2 amide bonds. The number of hydrogen-bond donors (Lipinski definition) is 2. The molecule has 1 aromatic heterocycles. The van der Waals surface area contributed by atoms with Crippen molar-refractivity contribution in [2.75, 3.05) is 29.2 Å². The van der Waals surface area contributed by atoms with Gasteiger partial charge in [-0.3, -0.25) is 9.59 Å². The van der Waals surface area contributed by atoms with Gasteiger partial charge in [-0.1, -0.05) is 16.8 Å². The van der Waals surface area contributed by atoms with Crippen LogP contribution in [0.5, 0.6) is 5.75 Å². The smallest absolute Gasteiger partial charge is 0.235 e. The van der Waals surface area contributed by atoms with E-state index in [1.807, 2.05) is 6.92 Å². The maximum atomic E-state index is 12.0. The van der Waals surface area contributed by atoms with Crippen LogP contribution in [0.4, 0.5) is 11.5 Å². The van der Waals surface area contributed by atoms with Crippen molar-refractivity contribution in [3.8, 4) is 5.75 Å². The minimum absolute atomic E-state index is 0.121. The Kier molecular flexibility index (Phi) is 6.72. The van der Waals surface area contributed by atoms with Gasteiger partial charge in [-0.15, -0.1) is 11.8 Å². The fourth-order valence-electron chi connectivity index (χ4n) is 1.96. The van der Waals surface area contributed by atoms with Crippen LogP contribution in [0, 0.1) is 13.8 Å². The minimum atomic E-state index is -0.258. The quantitative estimate of drug-likeness (QED) is 0.762. The number of anilines is 2. The largest absolute Gasteiger partial charge is 0.495 e. The van der Waals surface area contributed by atoms with Crippen molar-refractivity contribution in [2.45, 2.75) is 13.8 Å². The van der Waals surface area contributed by atoms with E-state index in [0.29, 0.717) is 28.0 Å². The molecule has 0 spiro atoms. The summed E-state index contributed by atoms with van der Waals surface area (Å²) in [6, 6.07) is 5.00. The zero-order chi connectivity index (χ0) is 18.4. The number of nitrogens with zero attached hydrogens (tertiary/aromatic N) is 1. The molecule has 9 heteroatoms. The topological polar surface area (TPSA) is 93.5 Å². The summed E-state index contributed by atoms with van der Waals surface area (Å²) in [5, 5.41) is 9.57. The average Bonchev–Trinajstić information content (AvgIpc) is 2.95. The van der Waals surface area contributed by atoms with E-state index >= 15 is 0 Å². The molecule has 0 bridgehead atoms. The number of aromatic nitrogens is 1. The van der Waals surface area contributed by atoms with Crippen molar-refractivity contribution < 1.29 is 18.8 Å². The number of nitrogens with one attached hydrogen (secondary N) is 2. The number of rotatable bonds is 7. The zero-order valence-electron chi connectivity index (χ0n) is 14.0. The van der Waals surface area contributed by atoms with Gasteiger partial charge in [0.2, 0.25) is 11.8 Å². The summed E-state index contributed by atoms with van der Waals surface area (Å²) in [7, 11) is 1.50. The maximum Gasteiger partial charge on any atom is 0.235 e. The monoisotopic (exact) mass is 383 g/mol. The number of benzene rings is 1. The lowest BCUT2D eigenvalue weighted by Crippen LogP contribution is -2.19. The summed E-state index contributed by atoms with van der Waals surface area (Å²) in [5.41, 5.74) is 1.37. The van der Waals surface area contributed by atoms with Crippen LogP contribution in [-0.2, 0) is 9.59 Å². The predicted molar refractivity (Wildman–Crippen MR) is 98.6 cm³/mol. The minimum Gasteiger partial charge on any atom is -0.495 e. The lowest BCUT2D eigenvalue weighted by atomic mass is 10.2. The van der Waals surface area contributed by atoms with Gasteiger partial charge in [-0.25, -0.2) is 0 Å². The standard InChI is InChI=1S/C16H18ClN3O4S/c1-9-4-12(13(23-3)6-11(9)17)18-15(21)7-25-8-16(22)19-14-5-10(2)24-20-14/h4-6H,7-8H2,1-3H3,(H,18,21)(H,19,20,22). The molecule has 0 atom stereocenters. The van der Waals surface area contributed by atoms with Gasteiger partial charge in [-0.2, -0.15) is 0 Å². The molecule has 25 heavy (non-hydrogen) atoms. The molecule has 0 aliphatic rings. The highest BCUT2D eigenvalue weighted by atomic mass is 35.5. The van der Waals surface area contributed by atoms with E-state index in [1.54, 1.807) is 25.1 Å². The van der Waals surface area contributed by atoms with E-state index in [4.69, 9.17) is 20.9 Å². The molecular weight excluding hydrogens is 366 g/mol. The second kappa shape index (κ2) is 8.77. The van der Waals surface area contributed by atoms with E-state index in [9.17, 15) is 9.59 Å². The van der Waals surface area contributed by atoms with Crippen molar-refractivity contribution >= 4 is 46.7 Å². The Balaban J connectivity index is 1.81. The first-order valence-electron chi connectivity index (χ1n) is 7.34. The number of carbonyl (C=O) groups excluding carboxylic acids is 2. The van der Waals surface area contributed by atoms with Crippen molar-refractivity contribution in [1.82, 2.24) is 5.16 Å². The number of methoxy groups -OCH3 is 1. The Morgan fingerprint density at radius 3 is 2.48 bits per heavy atom. The molecule has 0 unspecified atom stereocenters. The summed E-state index contributed by atoms with van der Waals surface area (Å²) in [6.07, 6.45) is 0. The van der Waals surface area contributed by atoms with E-state index in [2.05, 4.69) is 15.8 Å². The SMILES string of the molecule is COc1cc(Cl)c(C)cc1NC(=O)CSCC(=O)Nc1cc(C)on1. The summed E-state index contributed by atoms with van der Waals surface area (Å²) >= 11 is 7.22. The van der Waals surface area contributed by atoms with Gasteiger partial charge in [0.15, 0.2) is 5.82 Å². The highest BCUT2D eigenvalue weighted by Crippen LogP contribution is 2.31. The average molecular weight is 384 g/mol. The molecular formula is C16H18ClN3O4S. The Hall–Kier alpha value is -2.19. The number of ether oxygens (including phenoxy) is 1. The van der Waals surface area contributed by atoms with Gasteiger partial charge in [-0.05, 0) is 25.5 Å². The molecule has 2 rings (SSSR count). The molecule has 0 radical (unpaired) electrons. The number of halogens is 1. The molecule has 0 aliphatic heterocycles. The van der Waals surface area contributed by atoms with E-state index in [-0.39, 0.29) is 23.3 Å². The number of hydrogen-bond acceptors (Lipinski definition) is 6. The third-order valence-corrected chi connectivity index (χ3v) is 4.46. The molecule has 0 saturated carbocycles. The Morgan fingerprint density at radius 2 is 1.88 bits per heavy atom. The van der Waals surface area contributed by atoms with Gasteiger partial charge < -0.3 is 19.9 Å². The van der Waals surface area contributed by atoms with E-state index < -0.39 is 0 Å². The molecule has 0 fully saturated rings. The number of thioether (sulfide) groups is 1. The second-order valence-electron chi connectivity index (χ2n) is 5.21. The van der Waals surface area contributed by atoms with Gasteiger partial charge in [0.1, 0.15) is 11.5 Å². The third-order valence-electron chi connectivity index (χ3n) is 3.12. The van der Waals surface area contributed by atoms with Crippen molar-refractivity contribution in [1.29, 1.82) is 0 Å². The summed E-state index contributed by atoms with van der Waals surface area (Å²) < 4.78 is 10.1. The second-order valence-corrected chi connectivity index (χ2v) is 6.61. The van der Waals surface area contributed by atoms with E-state index in [0.717, 1.165) is 5.56 Å². The molecule has 1 heterocycles. The van der Waals surface area contributed by atoms with Crippen LogP contribution in [0.15, 0.2) is 22.7 Å². The van der Waals surface area contributed by atoms with Gasteiger partial charge >= 0.3 is 0 Å². The molecule has 7 nitrogen and oxygen atoms in total. The first-order chi connectivity index (χ1) is 11.9. The van der Waals surface area contributed by atoms with Crippen LogP contribution >= 0.6 is 23.4 Å². The van der Waals surface area contributed by atoms with Crippen LogP contribution < -0.4 is 15.4 Å². The highest BCUT2D eigenvalue weighted by molar-refractivity contribution is 8.00. The third kappa shape index (κ3) is 5.68. The Bertz CT molecular complexity index is 779. The number of amides is 2. The highest BCUT2D eigenvalue weighted by Gasteiger charge is 2.12. The molecule has 2 N–H and O–H groups in total. The zero-order valence-corrected chi connectivity index (χ0v) is 15.6. The van der Waals surface area contributed by atoms with Crippen LogP contribution in [-0.4, -0.2) is 35.6 Å². The number of carbonyl (C=O) groups is 2. The molecule has 1 aromatic carbocycles. The summed E-state index contributed by atoms with van der Waals surface area (Å²) in [5.74, 6) is 1.18. The molecule has 2 aromatic rings. The van der Waals surface area contributed by atoms with Crippen molar-refractivity contribution in [3.05, 3.63) is 34.5 Å². The maximum absolute atomic E-state index is 12.0. The van der Waals surface area contributed by atoms with Crippen LogP contribution in [0.1, 0.15) is 11.3 Å². The lowest BCUT2D eigenvalue weighted by molar-refractivity contribution is -0.114. The van der Waals surface area contributed by atoms with Gasteiger partial charge in [0, 0.05) is 17.2 Å². The van der Waals surface area contributed by atoms with Crippen LogP contribution in [0.25, 0.3) is 0 Å². The van der Waals surface area contributed by atoms with Crippen molar-refractivity contribution in [2.24, 2.45) is 0 Å². The molecule has 0 saturated heterocycles. The van der Waals surface area contributed by atoms with Gasteiger partial charge in [0.25, 0.3) is 0 Å². The first-order valence-corrected chi connectivity index (χ1v) is 8.87. The first kappa shape index (κ1) is 19.1. The van der Waals surface area contributed by atoms with Crippen LogP contribution in [0.3, 0.4) is 0 Å². The Morgan fingerprint density at radius 1 is 1.20 bits per heavy atom.